The fourth-order valence-electron chi connectivity index (χ4n) is 2.14. The van der Waals surface area contributed by atoms with Crippen molar-refractivity contribution in [3.8, 4) is 0 Å². The maximum absolute atomic E-state index is 9.17. The van der Waals surface area contributed by atoms with E-state index in [4.69, 9.17) is 10.8 Å². The van der Waals surface area contributed by atoms with Gasteiger partial charge in [0.1, 0.15) is 5.82 Å². The van der Waals surface area contributed by atoms with Gasteiger partial charge < -0.3 is 15.4 Å². The summed E-state index contributed by atoms with van der Waals surface area (Å²) < 4.78 is 2.24. The Morgan fingerprint density at radius 3 is 3.00 bits per heavy atom. The van der Waals surface area contributed by atoms with Crippen LogP contribution in [-0.4, -0.2) is 21.2 Å². The average molecular weight is 195 g/mol. The lowest BCUT2D eigenvalue weighted by molar-refractivity contribution is 0.275. The van der Waals surface area contributed by atoms with Crippen LogP contribution in [0.4, 0.5) is 0 Å². The molecule has 4 heteroatoms. The van der Waals surface area contributed by atoms with E-state index in [1.54, 1.807) is 0 Å². The van der Waals surface area contributed by atoms with Crippen LogP contribution >= 0.6 is 0 Å². The Bertz CT molecular complexity index is 319. The molecule has 1 aliphatic heterocycles. The van der Waals surface area contributed by atoms with Crippen LogP contribution in [0.1, 0.15) is 30.1 Å². The predicted octanol–water partition coefficient (Wildman–Crippen LogP) is 0.213. The smallest absolute Gasteiger partial charge is 0.110 e. The molecule has 0 unspecified atom stereocenters. The topological polar surface area (TPSA) is 64.1 Å². The minimum Gasteiger partial charge on any atom is -0.390 e. The SMILES string of the molecule is NCCc1nc(CO)c2n1CCCC2. The van der Waals surface area contributed by atoms with Gasteiger partial charge in [0.25, 0.3) is 0 Å². The van der Waals surface area contributed by atoms with Crippen molar-refractivity contribution in [3.63, 3.8) is 0 Å². The predicted molar refractivity (Wildman–Crippen MR) is 53.8 cm³/mol. The van der Waals surface area contributed by atoms with Crippen LogP contribution in [0.5, 0.6) is 0 Å². The monoisotopic (exact) mass is 195 g/mol. The molecule has 3 N–H and O–H groups in total. The second-order valence-electron chi connectivity index (χ2n) is 3.73. The molecule has 0 aliphatic carbocycles. The Hall–Kier alpha value is -0.870. The highest BCUT2D eigenvalue weighted by molar-refractivity contribution is 5.18. The third-order valence-electron chi connectivity index (χ3n) is 2.80. The Morgan fingerprint density at radius 2 is 2.29 bits per heavy atom. The lowest BCUT2D eigenvalue weighted by atomic mass is 10.1. The van der Waals surface area contributed by atoms with E-state index in [0.29, 0.717) is 6.54 Å². The Morgan fingerprint density at radius 1 is 1.43 bits per heavy atom. The number of nitrogens with two attached hydrogens (primary N) is 1. The number of hydrogen-bond acceptors (Lipinski definition) is 3. The van der Waals surface area contributed by atoms with E-state index in [2.05, 4.69) is 9.55 Å². The molecule has 2 heterocycles. The third kappa shape index (κ3) is 1.55. The maximum Gasteiger partial charge on any atom is 0.110 e. The first kappa shape index (κ1) is 9.68. The highest BCUT2D eigenvalue weighted by Gasteiger charge is 2.18. The van der Waals surface area contributed by atoms with Crippen LogP contribution in [0.25, 0.3) is 0 Å². The van der Waals surface area contributed by atoms with E-state index in [0.717, 1.165) is 30.9 Å². The van der Waals surface area contributed by atoms with Gasteiger partial charge in [-0.25, -0.2) is 4.98 Å². The molecule has 14 heavy (non-hydrogen) atoms. The second-order valence-corrected chi connectivity index (χ2v) is 3.73. The summed E-state index contributed by atoms with van der Waals surface area (Å²) in [7, 11) is 0. The van der Waals surface area contributed by atoms with Gasteiger partial charge in [-0.3, -0.25) is 0 Å². The number of imidazole rings is 1. The molecule has 0 radical (unpaired) electrons. The number of aliphatic hydroxyl groups excluding tert-OH is 1. The van der Waals surface area contributed by atoms with Gasteiger partial charge in [0, 0.05) is 18.7 Å². The largest absolute Gasteiger partial charge is 0.390 e. The number of rotatable bonds is 3. The van der Waals surface area contributed by atoms with E-state index < -0.39 is 0 Å². The summed E-state index contributed by atoms with van der Waals surface area (Å²) >= 11 is 0. The van der Waals surface area contributed by atoms with Crippen LogP contribution in [-0.2, 0) is 26.0 Å². The molecular formula is C10H17N3O. The summed E-state index contributed by atoms with van der Waals surface area (Å²) in [6.45, 7) is 1.72. The van der Waals surface area contributed by atoms with Crippen molar-refractivity contribution in [3.05, 3.63) is 17.2 Å². The summed E-state index contributed by atoms with van der Waals surface area (Å²) in [4.78, 5) is 4.43. The lowest BCUT2D eigenvalue weighted by Crippen LogP contribution is -2.15. The van der Waals surface area contributed by atoms with Gasteiger partial charge in [-0.05, 0) is 25.8 Å². The fraction of sp³-hybridized carbons (Fsp3) is 0.700. The second kappa shape index (κ2) is 4.11. The molecule has 4 nitrogen and oxygen atoms in total. The minimum atomic E-state index is 0.0555. The zero-order valence-electron chi connectivity index (χ0n) is 8.37. The standard InChI is InChI=1S/C10H17N3O/c11-5-4-10-12-8(7-14)9-3-1-2-6-13(9)10/h14H,1-7,11H2. The van der Waals surface area contributed by atoms with Crippen LogP contribution in [0.2, 0.25) is 0 Å². The molecule has 0 spiro atoms. The molecule has 1 aromatic heterocycles. The molecule has 2 rings (SSSR count). The van der Waals surface area contributed by atoms with Crippen molar-refractivity contribution in [1.82, 2.24) is 9.55 Å². The fourth-order valence-corrected chi connectivity index (χ4v) is 2.14. The molecule has 0 atom stereocenters. The van der Waals surface area contributed by atoms with Gasteiger partial charge in [-0.1, -0.05) is 0 Å². The summed E-state index contributed by atoms with van der Waals surface area (Å²) in [5.74, 6) is 1.05. The highest BCUT2D eigenvalue weighted by atomic mass is 16.3. The van der Waals surface area contributed by atoms with Gasteiger partial charge >= 0.3 is 0 Å². The first-order valence-electron chi connectivity index (χ1n) is 5.25. The minimum absolute atomic E-state index is 0.0555. The normalized spacial score (nSPS) is 15.6. The van der Waals surface area contributed by atoms with E-state index in [9.17, 15) is 0 Å². The molecule has 1 aliphatic rings. The van der Waals surface area contributed by atoms with Crippen molar-refractivity contribution in [2.45, 2.75) is 38.8 Å². The molecule has 0 aromatic carbocycles. The first-order chi connectivity index (χ1) is 6.86. The van der Waals surface area contributed by atoms with Crippen molar-refractivity contribution in [1.29, 1.82) is 0 Å². The Balaban J connectivity index is 2.36. The molecule has 0 amide bonds. The zero-order valence-corrected chi connectivity index (χ0v) is 8.37. The van der Waals surface area contributed by atoms with E-state index in [1.807, 2.05) is 0 Å². The van der Waals surface area contributed by atoms with Crippen LogP contribution in [0.15, 0.2) is 0 Å². The third-order valence-corrected chi connectivity index (χ3v) is 2.80. The van der Waals surface area contributed by atoms with E-state index in [-0.39, 0.29) is 6.61 Å². The average Bonchev–Trinajstić information content (AvgIpc) is 2.58. The van der Waals surface area contributed by atoms with Crippen molar-refractivity contribution in [2.24, 2.45) is 5.73 Å². The van der Waals surface area contributed by atoms with Gasteiger partial charge in [0.15, 0.2) is 0 Å². The number of aliphatic hydroxyl groups is 1. The van der Waals surface area contributed by atoms with Crippen LogP contribution in [0.3, 0.4) is 0 Å². The Labute approximate surface area is 83.8 Å². The number of fused-ring (bicyclic) bond motifs is 1. The lowest BCUT2D eigenvalue weighted by Gasteiger charge is -2.16. The number of aromatic nitrogens is 2. The summed E-state index contributed by atoms with van der Waals surface area (Å²) in [6, 6.07) is 0. The molecule has 1 aromatic rings. The molecule has 0 fully saturated rings. The van der Waals surface area contributed by atoms with Crippen molar-refractivity contribution in [2.75, 3.05) is 6.54 Å². The van der Waals surface area contributed by atoms with Crippen LogP contribution in [0, 0.1) is 0 Å². The van der Waals surface area contributed by atoms with Crippen molar-refractivity contribution < 1.29 is 5.11 Å². The molecule has 0 saturated heterocycles. The summed E-state index contributed by atoms with van der Waals surface area (Å²) in [5.41, 5.74) is 7.61. The maximum atomic E-state index is 9.17. The quantitative estimate of drug-likeness (QED) is 0.725. The molecule has 0 saturated carbocycles. The summed E-state index contributed by atoms with van der Waals surface area (Å²) in [6.07, 6.45) is 4.28. The number of hydrogen-bond donors (Lipinski definition) is 2. The Kier molecular flexibility index (Phi) is 2.84. The van der Waals surface area contributed by atoms with Gasteiger partial charge in [-0.15, -0.1) is 0 Å². The van der Waals surface area contributed by atoms with Crippen LogP contribution < -0.4 is 5.73 Å². The highest BCUT2D eigenvalue weighted by Crippen LogP contribution is 2.21. The van der Waals surface area contributed by atoms with Gasteiger partial charge in [0.2, 0.25) is 0 Å². The molecule has 0 bridgehead atoms. The molecule has 78 valence electrons. The zero-order chi connectivity index (χ0) is 9.97. The van der Waals surface area contributed by atoms with Gasteiger partial charge in [0.05, 0.1) is 12.3 Å². The van der Waals surface area contributed by atoms with Gasteiger partial charge in [-0.2, -0.15) is 0 Å². The van der Waals surface area contributed by atoms with E-state index in [1.165, 1.54) is 18.5 Å². The molecular weight excluding hydrogens is 178 g/mol. The van der Waals surface area contributed by atoms with Crippen molar-refractivity contribution >= 4 is 0 Å². The summed E-state index contributed by atoms with van der Waals surface area (Å²) in [5, 5.41) is 9.17. The number of nitrogens with zero attached hydrogens (tertiary/aromatic N) is 2. The first-order valence-corrected chi connectivity index (χ1v) is 5.25. The van der Waals surface area contributed by atoms with E-state index >= 15 is 0 Å².